The first-order chi connectivity index (χ1) is 11.4. The van der Waals surface area contributed by atoms with E-state index in [0.717, 1.165) is 38.5 Å². The molecule has 5 heteroatoms. The number of carboxylic acid groups (broad SMARTS) is 2. The van der Waals surface area contributed by atoms with Gasteiger partial charge in [0.2, 0.25) is 0 Å². The molecule has 5 nitrogen and oxygen atoms in total. The van der Waals surface area contributed by atoms with E-state index in [9.17, 15) is 19.8 Å². The van der Waals surface area contributed by atoms with E-state index in [0.29, 0.717) is 19.3 Å². The van der Waals surface area contributed by atoms with Gasteiger partial charge in [-0.3, -0.25) is 0 Å². The molecule has 0 aromatic carbocycles. The molecule has 3 unspecified atom stereocenters. The van der Waals surface area contributed by atoms with Crippen LogP contribution in [0.2, 0.25) is 0 Å². The number of hydrogen-bond acceptors (Lipinski definition) is 3. The maximum absolute atomic E-state index is 12.1. The van der Waals surface area contributed by atoms with Crippen LogP contribution in [0.15, 0.2) is 11.1 Å². The lowest BCUT2D eigenvalue weighted by Gasteiger charge is -2.57. The van der Waals surface area contributed by atoms with Gasteiger partial charge in [0.1, 0.15) is 0 Å². The summed E-state index contributed by atoms with van der Waals surface area (Å²) in [4.78, 5) is 24.2. The Morgan fingerprint density at radius 3 is 2.12 bits per heavy atom. The second-order valence-corrected chi connectivity index (χ2v) is 7.43. The first-order valence-electron chi connectivity index (χ1n) is 9.13. The largest absolute Gasteiger partial charge is 0.478 e. The Labute approximate surface area is 144 Å². The lowest BCUT2D eigenvalue weighted by molar-refractivity contribution is -0.148. The van der Waals surface area contributed by atoms with Crippen LogP contribution in [0.1, 0.15) is 71.6 Å². The van der Waals surface area contributed by atoms with E-state index in [2.05, 4.69) is 13.8 Å². The molecule has 0 aliphatic heterocycles. The molecule has 0 saturated heterocycles. The smallest absolute Gasteiger partial charge is 0.332 e. The first kappa shape index (κ1) is 19.0. The summed E-state index contributed by atoms with van der Waals surface area (Å²) in [7, 11) is 1.63. The third-order valence-electron chi connectivity index (χ3n) is 6.22. The van der Waals surface area contributed by atoms with Crippen molar-refractivity contribution in [1.29, 1.82) is 0 Å². The lowest BCUT2D eigenvalue weighted by atomic mass is 9.47. The van der Waals surface area contributed by atoms with Crippen molar-refractivity contribution in [2.45, 2.75) is 77.7 Å². The summed E-state index contributed by atoms with van der Waals surface area (Å²) in [6.45, 7) is 4.14. The van der Waals surface area contributed by atoms with Crippen molar-refractivity contribution in [2.75, 3.05) is 7.11 Å². The summed E-state index contributed by atoms with van der Waals surface area (Å²) in [6, 6.07) is 0. The highest BCUT2D eigenvalue weighted by molar-refractivity contribution is 6.02. The standard InChI is InChI=1S/C19H30O5/c1-4-6-8-18-10-11-19(9-7-5-2,13(12-18)24-3)15(17(22)23)14(18)16(20)21/h13H,4-12H2,1-3H3,(H,20,21)(H,22,23). The second kappa shape index (κ2) is 7.26. The van der Waals surface area contributed by atoms with Crippen molar-refractivity contribution in [2.24, 2.45) is 10.8 Å². The van der Waals surface area contributed by atoms with Crippen LogP contribution in [0.4, 0.5) is 0 Å². The Morgan fingerprint density at radius 1 is 1.04 bits per heavy atom. The number of ether oxygens (including phenoxy) is 1. The van der Waals surface area contributed by atoms with Crippen LogP contribution in [-0.4, -0.2) is 35.4 Å². The molecular weight excluding hydrogens is 308 g/mol. The zero-order chi connectivity index (χ0) is 18.0. The van der Waals surface area contributed by atoms with E-state index in [1.54, 1.807) is 7.11 Å². The summed E-state index contributed by atoms with van der Waals surface area (Å²) in [5.41, 5.74) is -0.911. The Kier molecular flexibility index (Phi) is 5.74. The molecule has 0 aromatic heterocycles. The summed E-state index contributed by atoms with van der Waals surface area (Å²) in [5.74, 6) is -2.13. The Balaban J connectivity index is 2.65. The number of carbonyl (C=O) groups is 2. The second-order valence-electron chi connectivity index (χ2n) is 7.43. The van der Waals surface area contributed by atoms with Gasteiger partial charge in [0.15, 0.2) is 0 Å². The van der Waals surface area contributed by atoms with Crippen molar-refractivity contribution < 1.29 is 24.5 Å². The van der Waals surface area contributed by atoms with Gasteiger partial charge in [-0.05, 0) is 32.1 Å². The minimum absolute atomic E-state index is 0.129. The van der Waals surface area contributed by atoms with Gasteiger partial charge < -0.3 is 14.9 Å². The topological polar surface area (TPSA) is 83.8 Å². The number of hydrogen-bond donors (Lipinski definition) is 2. The molecule has 3 aliphatic carbocycles. The van der Waals surface area contributed by atoms with E-state index in [1.165, 1.54) is 0 Å². The number of rotatable bonds is 9. The molecule has 0 aromatic rings. The molecular formula is C19H30O5. The number of carboxylic acids is 2. The molecule has 1 fully saturated rings. The molecule has 136 valence electrons. The monoisotopic (exact) mass is 338 g/mol. The fourth-order valence-electron chi connectivity index (χ4n) is 5.04. The van der Waals surface area contributed by atoms with Gasteiger partial charge >= 0.3 is 11.9 Å². The van der Waals surface area contributed by atoms with Gasteiger partial charge in [-0.1, -0.05) is 39.5 Å². The van der Waals surface area contributed by atoms with Gasteiger partial charge in [-0.25, -0.2) is 9.59 Å². The summed E-state index contributed by atoms with van der Waals surface area (Å²) < 4.78 is 5.75. The van der Waals surface area contributed by atoms with Crippen LogP contribution >= 0.6 is 0 Å². The summed E-state index contributed by atoms with van der Waals surface area (Å²) in [6.07, 6.45) is 7.02. The highest BCUT2D eigenvalue weighted by atomic mass is 16.5. The molecule has 3 aliphatic rings. The average molecular weight is 338 g/mol. The maximum Gasteiger partial charge on any atom is 0.332 e. The van der Waals surface area contributed by atoms with Crippen molar-refractivity contribution in [3.8, 4) is 0 Å². The number of aliphatic carboxylic acids is 2. The molecule has 1 saturated carbocycles. The van der Waals surface area contributed by atoms with E-state index in [4.69, 9.17) is 4.74 Å². The summed E-state index contributed by atoms with van der Waals surface area (Å²) >= 11 is 0. The van der Waals surface area contributed by atoms with E-state index in [1.807, 2.05) is 0 Å². The molecule has 2 bridgehead atoms. The van der Waals surface area contributed by atoms with Crippen molar-refractivity contribution in [3.05, 3.63) is 11.1 Å². The minimum atomic E-state index is -1.08. The summed E-state index contributed by atoms with van der Waals surface area (Å²) in [5, 5.41) is 19.8. The van der Waals surface area contributed by atoms with Gasteiger partial charge in [-0.15, -0.1) is 0 Å². The van der Waals surface area contributed by atoms with Crippen LogP contribution in [0, 0.1) is 10.8 Å². The molecule has 2 N–H and O–H groups in total. The quantitative estimate of drug-likeness (QED) is 0.663. The third-order valence-corrected chi connectivity index (χ3v) is 6.22. The van der Waals surface area contributed by atoms with Crippen molar-refractivity contribution in [1.82, 2.24) is 0 Å². The van der Waals surface area contributed by atoms with E-state index >= 15 is 0 Å². The van der Waals surface area contributed by atoms with Gasteiger partial charge in [0, 0.05) is 17.9 Å². The van der Waals surface area contributed by atoms with E-state index < -0.39 is 22.8 Å². The molecule has 24 heavy (non-hydrogen) atoms. The third kappa shape index (κ3) is 2.87. The predicted molar refractivity (Wildman–Crippen MR) is 90.9 cm³/mol. The lowest BCUT2D eigenvalue weighted by Crippen LogP contribution is -2.56. The maximum atomic E-state index is 12.1. The van der Waals surface area contributed by atoms with Crippen molar-refractivity contribution in [3.63, 3.8) is 0 Å². The number of unbranched alkanes of at least 4 members (excludes halogenated alkanes) is 2. The first-order valence-corrected chi connectivity index (χ1v) is 9.13. The van der Waals surface area contributed by atoms with E-state index in [-0.39, 0.29) is 17.3 Å². The minimum Gasteiger partial charge on any atom is -0.478 e. The zero-order valence-electron chi connectivity index (χ0n) is 15.1. The van der Waals surface area contributed by atoms with Crippen LogP contribution in [0.25, 0.3) is 0 Å². The normalized spacial score (nSPS) is 32.2. The van der Waals surface area contributed by atoms with Crippen molar-refractivity contribution >= 4 is 11.9 Å². The fraction of sp³-hybridized carbons (Fsp3) is 0.789. The number of methoxy groups -OCH3 is 1. The predicted octanol–water partition coefficient (Wildman–Crippen LogP) is 4.02. The highest BCUT2D eigenvalue weighted by Crippen LogP contribution is 2.63. The van der Waals surface area contributed by atoms with Crippen LogP contribution in [0.5, 0.6) is 0 Å². The SMILES string of the molecule is CCCCC12CCC(CCCC)(C(C(=O)O)=C1C(=O)O)C(OC)C2. The molecule has 3 atom stereocenters. The molecule has 0 heterocycles. The van der Waals surface area contributed by atoms with Crippen LogP contribution in [-0.2, 0) is 14.3 Å². The van der Waals surface area contributed by atoms with Gasteiger partial charge in [0.05, 0.1) is 17.3 Å². The van der Waals surface area contributed by atoms with Gasteiger partial charge in [-0.2, -0.15) is 0 Å². The average Bonchev–Trinajstić information content (AvgIpc) is 2.57. The number of fused-ring (bicyclic) bond motifs is 2. The van der Waals surface area contributed by atoms with Crippen LogP contribution < -0.4 is 0 Å². The molecule has 3 rings (SSSR count). The zero-order valence-corrected chi connectivity index (χ0v) is 15.1. The fourth-order valence-corrected chi connectivity index (χ4v) is 5.04. The Morgan fingerprint density at radius 2 is 1.62 bits per heavy atom. The Bertz CT molecular complexity index is 538. The Hall–Kier alpha value is -1.36. The molecule has 0 radical (unpaired) electrons. The highest BCUT2D eigenvalue weighted by Gasteiger charge is 2.61. The molecule has 0 spiro atoms. The molecule has 0 amide bonds. The van der Waals surface area contributed by atoms with Crippen LogP contribution in [0.3, 0.4) is 0 Å². The van der Waals surface area contributed by atoms with Gasteiger partial charge in [0.25, 0.3) is 0 Å².